The first-order valence-electron chi connectivity index (χ1n) is 12.2. The van der Waals surface area contributed by atoms with E-state index in [2.05, 4.69) is 20.7 Å². The van der Waals surface area contributed by atoms with Crippen LogP contribution >= 0.6 is 0 Å². The lowest BCUT2D eigenvalue weighted by atomic mass is 9.56. The van der Waals surface area contributed by atoms with Crippen molar-refractivity contribution in [2.75, 3.05) is 18.4 Å². The minimum Gasteiger partial charge on any atom is -0.364 e. The summed E-state index contributed by atoms with van der Waals surface area (Å²) in [6, 6.07) is 10.8. The number of amides is 2. The molecular weight excluding hydrogens is 485 g/mol. The molecule has 1 saturated carbocycles. The fraction of sp³-hybridized carbons (Fsp3) is 0.385. The van der Waals surface area contributed by atoms with Crippen molar-refractivity contribution >= 4 is 17.5 Å². The van der Waals surface area contributed by atoms with Gasteiger partial charge in [-0.3, -0.25) is 9.59 Å². The molecule has 8 nitrogen and oxygen atoms in total. The Kier molecular flexibility index (Phi) is 6.49. The minimum absolute atomic E-state index is 0.0254. The normalized spacial score (nSPS) is 17.4. The van der Waals surface area contributed by atoms with Crippen molar-refractivity contribution in [3.8, 4) is 5.69 Å². The molecule has 2 aliphatic rings. The summed E-state index contributed by atoms with van der Waals surface area (Å²) < 4.78 is 40.3. The highest BCUT2D eigenvalue weighted by atomic mass is 19.4. The average Bonchev–Trinajstić information content (AvgIpc) is 3.28. The largest absolute Gasteiger partial charge is 0.433 e. The Labute approximate surface area is 211 Å². The number of hydrogen-bond donors (Lipinski definition) is 3. The molecule has 1 spiro atoms. The molecule has 194 valence electrons. The molecule has 3 heterocycles. The maximum Gasteiger partial charge on any atom is 0.433 e. The molecule has 11 heteroatoms. The van der Waals surface area contributed by atoms with E-state index in [4.69, 9.17) is 5.73 Å². The van der Waals surface area contributed by atoms with E-state index in [1.54, 1.807) is 0 Å². The molecule has 3 aromatic rings. The van der Waals surface area contributed by atoms with Crippen LogP contribution in [-0.2, 0) is 12.6 Å². The van der Waals surface area contributed by atoms with Crippen molar-refractivity contribution < 1.29 is 22.8 Å². The number of rotatable bonds is 6. The summed E-state index contributed by atoms with van der Waals surface area (Å²) in [5, 5.41) is 10.0. The number of carbonyl (C=O) groups is 2. The first-order valence-corrected chi connectivity index (χ1v) is 12.2. The quantitative estimate of drug-likeness (QED) is 0.463. The van der Waals surface area contributed by atoms with E-state index in [0.29, 0.717) is 17.0 Å². The predicted molar refractivity (Wildman–Crippen MR) is 130 cm³/mol. The maximum atomic E-state index is 13.0. The van der Waals surface area contributed by atoms with E-state index in [-0.39, 0.29) is 11.4 Å². The van der Waals surface area contributed by atoms with Crippen LogP contribution in [0, 0.1) is 11.3 Å². The molecule has 0 atom stereocenters. The lowest BCUT2D eigenvalue weighted by Gasteiger charge is -2.50. The molecule has 0 unspecified atom stereocenters. The molecule has 0 bridgehead atoms. The summed E-state index contributed by atoms with van der Waals surface area (Å²) in [6.07, 6.45) is 2.75. The summed E-state index contributed by atoms with van der Waals surface area (Å²) >= 11 is 0. The van der Waals surface area contributed by atoms with Crippen LogP contribution in [0.25, 0.3) is 5.69 Å². The zero-order valence-electron chi connectivity index (χ0n) is 20.0. The van der Waals surface area contributed by atoms with E-state index in [1.807, 2.05) is 24.3 Å². The highest BCUT2D eigenvalue weighted by Crippen LogP contribution is 2.52. The smallest absolute Gasteiger partial charge is 0.364 e. The van der Waals surface area contributed by atoms with Gasteiger partial charge in [-0.05, 0) is 86.4 Å². The molecule has 1 aliphatic carbocycles. The van der Waals surface area contributed by atoms with Gasteiger partial charge in [0, 0.05) is 0 Å². The number of anilines is 1. The van der Waals surface area contributed by atoms with Gasteiger partial charge >= 0.3 is 6.18 Å². The van der Waals surface area contributed by atoms with Gasteiger partial charge in [0.15, 0.2) is 5.69 Å². The number of alkyl halides is 3. The molecule has 1 aromatic carbocycles. The Morgan fingerprint density at radius 3 is 2.46 bits per heavy atom. The van der Waals surface area contributed by atoms with Crippen LogP contribution in [0.3, 0.4) is 0 Å². The number of nitrogens with one attached hydrogen (secondary N) is 2. The number of hydrogen-bond acceptors (Lipinski definition) is 5. The highest BCUT2D eigenvalue weighted by Gasteiger charge is 2.44. The first-order chi connectivity index (χ1) is 17.6. The fourth-order valence-corrected chi connectivity index (χ4v) is 5.48. The number of nitrogens with two attached hydrogens (primary N) is 1. The first kappa shape index (κ1) is 24.9. The number of primary amides is 1. The minimum atomic E-state index is -4.70. The summed E-state index contributed by atoms with van der Waals surface area (Å²) in [4.78, 5) is 27.9. The van der Waals surface area contributed by atoms with Gasteiger partial charge in [0.25, 0.3) is 11.8 Å². The molecule has 1 aliphatic heterocycles. The zero-order chi connectivity index (χ0) is 26.2. The average molecular weight is 513 g/mol. The number of aromatic nitrogens is 3. The molecule has 4 N–H and O–H groups in total. The van der Waals surface area contributed by atoms with Crippen LogP contribution in [0.15, 0.2) is 48.7 Å². The number of piperidine rings is 1. The topological polar surface area (TPSA) is 115 Å². The lowest BCUT2D eigenvalue weighted by molar-refractivity contribution is -0.141. The molecule has 2 fully saturated rings. The number of benzene rings is 1. The molecular formula is C26H27F3N6O2. The highest BCUT2D eigenvalue weighted by molar-refractivity contribution is 6.07. The maximum absolute atomic E-state index is 13.0. The van der Waals surface area contributed by atoms with Crippen molar-refractivity contribution in [1.29, 1.82) is 0 Å². The van der Waals surface area contributed by atoms with Gasteiger partial charge in [-0.15, -0.1) is 0 Å². The monoisotopic (exact) mass is 512 g/mol. The van der Waals surface area contributed by atoms with E-state index >= 15 is 0 Å². The SMILES string of the molecule is NC(=O)c1nn(-c2ccc(CC3CC4(CCNCC4)C3)cc2)cc1NC(=O)c1cccc(C(F)(F)F)n1. The summed E-state index contributed by atoms with van der Waals surface area (Å²) in [6.45, 7) is 2.22. The summed E-state index contributed by atoms with van der Waals surface area (Å²) in [5.74, 6) is -1.13. The second-order valence-electron chi connectivity index (χ2n) is 9.95. The lowest BCUT2D eigenvalue weighted by Crippen LogP contribution is -2.45. The van der Waals surface area contributed by atoms with Crippen molar-refractivity contribution in [2.24, 2.45) is 17.1 Å². The van der Waals surface area contributed by atoms with Gasteiger partial charge in [0.05, 0.1) is 17.6 Å². The predicted octanol–water partition coefficient (Wildman–Crippen LogP) is 3.96. The van der Waals surface area contributed by atoms with Crippen LogP contribution < -0.4 is 16.4 Å². The Hall–Kier alpha value is -3.73. The van der Waals surface area contributed by atoms with Crippen LogP contribution in [0.4, 0.5) is 18.9 Å². The number of nitrogens with zero attached hydrogens (tertiary/aromatic N) is 3. The van der Waals surface area contributed by atoms with Gasteiger partial charge in [-0.25, -0.2) is 9.67 Å². The standard InChI is InChI=1S/C26H27F3N6O2/c27-26(28,29)21-3-1-2-19(32-21)24(37)33-20-15-35(34-22(20)23(30)36)18-6-4-16(5-7-18)12-17-13-25(14-17)8-10-31-11-9-25/h1-7,15,17,31H,8-14H2,(H2,30,36)(H,33,37). The summed E-state index contributed by atoms with van der Waals surface area (Å²) in [7, 11) is 0. The summed E-state index contributed by atoms with van der Waals surface area (Å²) in [5.41, 5.74) is 5.92. The van der Waals surface area contributed by atoms with Crippen LogP contribution in [-0.4, -0.2) is 39.7 Å². The van der Waals surface area contributed by atoms with Crippen molar-refractivity contribution in [2.45, 2.75) is 38.3 Å². The van der Waals surface area contributed by atoms with Crippen molar-refractivity contribution in [3.63, 3.8) is 0 Å². The number of halogens is 3. The van der Waals surface area contributed by atoms with Crippen molar-refractivity contribution in [1.82, 2.24) is 20.1 Å². The van der Waals surface area contributed by atoms with E-state index in [1.165, 1.54) is 42.1 Å². The van der Waals surface area contributed by atoms with Gasteiger partial charge in [0.2, 0.25) is 0 Å². The van der Waals surface area contributed by atoms with E-state index < -0.39 is 29.4 Å². The van der Waals surface area contributed by atoms with Crippen LogP contribution in [0.5, 0.6) is 0 Å². The van der Waals surface area contributed by atoms with Crippen LogP contribution in [0.2, 0.25) is 0 Å². The number of pyridine rings is 1. The second kappa shape index (κ2) is 9.62. The Morgan fingerprint density at radius 1 is 1.11 bits per heavy atom. The molecule has 2 amide bonds. The zero-order valence-corrected chi connectivity index (χ0v) is 20.0. The molecule has 1 saturated heterocycles. The Morgan fingerprint density at radius 2 is 1.81 bits per heavy atom. The van der Waals surface area contributed by atoms with Crippen molar-refractivity contribution in [3.05, 3.63) is 71.3 Å². The van der Waals surface area contributed by atoms with E-state index in [9.17, 15) is 22.8 Å². The van der Waals surface area contributed by atoms with Gasteiger partial charge in [-0.2, -0.15) is 18.3 Å². The third-order valence-corrected chi connectivity index (χ3v) is 7.30. The molecule has 37 heavy (non-hydrogen) atoms. The number of carbonyl (C=O) groups excluding carboxylic acids is 2. The van der Waals surface area contributed by atoms with Gasteiger partial charge in [-0.1, -0.05) is 18.2 Å². The fourth-order valence-electron chi connectivity index (χ4n) is 5.48. The third kappa shape index (κ3) is 5.36. The van der Waals surface area contributed by atoms with E-state index in [0.717, 1.165) is 37.7 Å². The Balaban J connectivity index is 1.28. The molecule has 0 radical (unpaired) electrons. The van der Waals surface area contributed by atoms with Crippen LogP contribution in [0.1, 0.15) is 57.9 Å². The van der Waals surface area contributed by atoms with Gasteiger partial charge < -0.3 is 16.4 Å². The Bertz CT molecular complexity index is 1300. The molecule has 5 rings (SSSR count). The third-order valence-electron chi connectivity index (χ3n) is 7.30. The van der Waals surface area contributed by atoms with Gasteiger partial charge in [0.1, 0.15) is 11.4 Å². The molecule has 2 aromatic heterocycles. The second-order valence-corrected chi connectivity index (χ2v) is 9.95.